The van der Waals surface area contributed by atoms with Crippen LogP contribution in [0.25, 0.3) is 21.5 Å². The molecule has 4 aromatic rings. The Kier molecular flexibility index (Phi) is 5.05. The van der Waals surface area contributed by atoms with Gasteiger partial charge < -0.3 is 18.6 Å². The minimum Gasteiger partial charge on any atom is -0.417 e. The zero-order valence-corrected chi connectivity index (χ0v) is 17.8. The molecule has 0 radical (unpaired) electrons. The van der Waals surface area contributed by atoms with Crippen molar-refractivity contribution in [3.63, 3.8) is 0 Å². The summed E-state index contributed by atoms with van der Waals surface area (Å²) in [6.45, 7) is 2.56. The van der Waals surface area contributed by atoms with Gasteiger partial charge in [0.1, 0.15) is 0 Å². The summed E-state index contributed by atoms with van der Waals surface area (Å²) in [6.07, 6.45) is 0. The summed E-state index contributed by atoms with van der Waals surface area (Å²) in [7, 11) is 0. The molecule has 1 saturated heterocycles. The SMILES string of the molecule is C[C@H]1CN(C(=O)c2cc3ccccc3c(=O)o2)CCN1C(=O)c1cc2ccccc2c(=O)o1. The first kappa shape index (κ1) is 20.7. The molecule has 166 valence electrons. The fourth-order valence-corrected chi connectivity index (χ4v) is 4.22. The van der Waals surface area contributed by atoms with Crippen LogP contribution in [0, 0.1) is 0 Å². The number of rotatable bonds is 2. The Balaban J connectivity index is 1.36. The lowest BCUT2D eigenvalue weighted by Gasteiger charge is -2.39. The highest BCUT2D eigenvalue weighted by molar-refractivity contribution is 5.97. The minimum absolute atomic E-state index is 0.0359. The van der Waals surface area contributed by atoms with Gasteiger partial charge in [-0.15, -0.1) is 0 Å². The number of carbonyl (C=O) groups excluding carboxylic acids is 2. The highest BCUT2D eigenvalue weighted by Crippen LogP contribution is 2.19. The molecule has 1 fully saturated rings. The quantitative estimate of drug-likeness (QED) is 0.471. The predicted molar refractivity (Wildman–Crippen MR) is 121 cm³/mol. The Bertz CT molecular complexity index is 1520. The second-order valence-electron chi connectivity index (χ2n) is 8.07. The van der Waals surface area contributed by atoms with E-state index < -0.39 is 23.1 Å². The molecule has 0 bridgehead atoms. The van der Waals surface area contributed by atoms with Gasteiger partial charge in [-0.3, -0.25) is 9.59 Å². The number of nitrogens with zero attached hydrogens (tertiary/aromatic N) is 2. The fraction of sp³-hybridized carbons (Fsp3) is 0.200. The lowest BCUT2D eigenvalue weighted by atomic mass is 10.1. The summed E-state index contributed by atoms with van der Waals surface area (Å²) in [6, 6.07) is 16.6. The molecule has 0 unspecified atom stereocenters. The molecular formula is C25H20N2O6. The fourth-order valence-electron chi connectivity index (χ4n) is 4.22. The molecule has 3 heterocycles. The van der Waals surface area contributed by atoms with Gasteiger partial charge in [-0.1, -0.05) is 36.4 Å². The summed E-state index contributed by atoms with van der Waals surface area (Å²) in [4.78, 5) is 53.7. The third kappa shape index (κ3) is 3.69. The van der Waals surface area contributed by atoms with Crippen LogP contribution in [0.15, 0.2) is 79.1 Å². The Morgan fingerprint density at radius 3 is 1.85 bits per heavy atom. The minimum atomic E-state index is -0.566. The molecule has 2 amide bonds. The number of amides is 2. The molecule has 1 aliphatic heterocycles. The van der Waals surface area contributed by atoms with E-state index in [-0.39, 0.29) is 37.2 Å². The van der Waals surface area contributed by atoms with Crippen LogP contribution < -0.4 is 11.3 Å². The molecule has 2 aromatic carbocycles. The summed E-state index contributed by atoms with van der Waals surface area (Å²) in [5, 5.41) is 2.08. The standard InChI is InChI=1S/C25H20N2O6/c1-15-14-26(22(28)20-12-16-6-2-4-8-18(16)24(30)32-20)10-11-27(15)23(29)21-13-17-7-3-5-9-19(17)25(31)33-21/h2-9,12-13,15H,10-11,14H2,1H3/t15-/m0/s1. The third-order valence-electron chi connectivity index (χ3n) is 5.94. The van der Waals surface area contributed by atoms with Crippen LogP contribution in [0.3, 0.4) is 0 Å². The number of hydrogen-bond acceptors (Lipinski definition) is 6. The molecule has 33 heavy (non-hydrogen) atoms. The van der Waals surface area contributed by atoms with E-state index in [2.05, 4.69) is 0 Å². The molecule has 0 spiro atoms. The molecule has 1 atom stereocenters. The van der Waals surface area contributed by atoms with Crippen LogP contribution >= 0.6 is 0 Å². The zero-order chi connectivity index (χ0) is 23.1. The van der Waals surface area contributed by atoms with E-state index >= 15 is 0 Å². The molecular weight excluding hydrogens is 424 g/mol. The molecule has 0 aliphatic carbocycles. The van der Waals surface area contributed by atoms with Gasteiger partial charge in [0.15, 0.2) is 11.5 Å². The topological polar surface area (TPSA) is 101 Å². The Morgan fingerprint density at radius 1 is 0.788 bits per heavy atom. The number of hydrogen-bond donors (Lipinski definition) is 0. The van der Waals surface area contributed by atoms with Gasteiger partial charge in [-0.2, -0.15) is 0 Å². The Morgan fingerprint density at radius 2 is 1.30 bits per heavy atom. The summed E-state index contributed by atoms with van der Waals surface area (Å²) < 4.78 is 10.5. The van der Waals surface area contributed by atoms with Crippen LogP contribution in [0.5, 0.6) is 0 Å². The van der Waals surface area contributed by atoms with E-state index in [0.717, 1.165) is 0 Å². The van der Waals surface area contributed by atoms with Crippen molar-refractivity contribution >= 4 is 33.4 Å². The second-order valence-corrected chi connectivity index (χ2v) is 8.07. The van der Waals surface area contributed by atoms with Gasteiger partial charge in [-0.05, 0) is 42.0 Å². The molecule has 0 N–H and O–H groups in total. The van der Waals surface area contributed by atoms with E-state index in [0.29, 0.717) is 21.5 Å². The van der Waals surface area contributed by atoms with Crippen LogP contribution in [0.1, 0.15) is 28.0 Å². The van der Waals surface area contributed by atoms with Gasteiger partial charge in [0.05, 0.1) is 10.8 Å². The maximum absolute atomic E-state index is 13.1. The number of piperazine rings is 1. The first-order valence-electron chi connectivity index (χ1n) is 10.6. The maximum Gasteiger partial charge on any atom is 0.344 e. The van der Waals surface area contributed by atoms with Gasteiger partial charge >= 0.3 is 11.3 Å². The van der Waals surface area contributed by atoms with Crippen LogP contribution in [0.4, 0.5) is 0 Å². The van der Waals surface area contributed by atoms with Crippen molar-refractivity contribution in [3.8, 4) is 0 Å². The van der Waals surface area contributed by atoms with E-state index in [1.54, 1.807) is 70.5 Å². The van der Waals surface area contributed by atoms with Crippen molar-refractivity contribution in [2.45, 2.75) is 13.0 Å². The maximum atomic E-state index is 13.1. The predicted octanol–water partition coefficient (Wildman–Crippen LogP) is 2.89. The van der Waals surface area contributed by atoms with Crippen molar-refractivity contribution in [3.05, 3.63) is 93.0 Å². The molecule has 8 heteroatoms. The number of carbonyl (C=O) groups is 2. The summed E-state index contributed by atoms with van der Waals surface area (Å²) in [5.74, 6) is -0.888. The molecule has 0 saturated carbocycles. The van der Waals surface area contributed by atoms with Gasteiger partial charge in [0, 0.05) is 25.7 Å². The highest BCUT2D eigenvalue weighted by atomic mass is 16.4. The lowest BCUT2D eigenvalue weighted by Crippen LogP contribution is -2.55. The second kappa shape index (κ2) is 8.05. The summed E-state index contributed by atoms with van der Waals surface area (Å²) >= 11 is 0. The first-order chi connectivity index (χ1) is 15.9. The van der Waals surface area contributed by atoms with E-state index in [4.69, 9.17) is 8.83 Å². The zero-order valence-electron chi connectivity index (χ0n) is 17.8. The lowest BCUT2D eigenvalue weighted by molar-refractivity contribution is 0.0377. The van der Waals surface area contributed by atoms with Crippen LogP contribution in [0.2, 0.25) is 0 Å². The van der Waals surface area contributed by atoms with Crippen LogP contribution in [-0.4, -0.2) is 47.3 Å². The van der Waals surface area contributed by atoms with Crippen molar-refractivity contribution in [1.82, 2.24) is 9.80 Å². The molecule has 1 aliphatic rings. The monoisotopic (exact) mass is 444 g/mol. The van der Waals surface area contributed by atoms with Gasteiger partial charge in [0.2, 0.25) is 0 Å². The van der Waals surface area contributed by atoms with Crippen molar-refractivity contribution in [2.75, 3.05) is 19.6 Å². The molecule has 8 nitrogen and oxygen atoms in total. The molecule has 5 rings (SSSR count). The van der Waals surface area contributed by atoms with Gasteiger partial charge in [-0.25, -0.2) is 9.59 Å². The smallest absolute Gasteiger partial charge is 0.344 e. The van der Waals surface area contributed by atoms with E-state index in [9.17, 15) is 19.2 Å². The number of fused-ring (bicyclic) bond motifs is 2. The Labute approximate surface area is 187 Å². The van der Waals surface area contributed by atoms with E-state index in [1.165, 1.54) is 0 Å². The highest BCUT2D eigenvalue weighted by Gasteiger charge is 2.33. The van der Waals surface area contributed by atoms with E-state index in [1.807, 2.05) is 6.92 Å². The Hall–Kier alpha value is -4.20. The van der Waals surface area contributed by atoms with Crippen molar-refractivity contribution < 1.29 is 18.4 Å². The van der Waals surface area contributed by atoms with Crippen LogP contribution in [-0.2, 0) is 0 Å². The summed E-state index contributed by atoms with van der Waals surface area (Å²) in [5.41, 5.74) is -1.13. The normalized spacial score (nSPS) is 16.3. The number of benzene rings is 2. The van der Waals surface area contributed by atoms with Gasteiger partial charge in [0.25, 0.3) is 11.8 Å². The third-order valence-corrected chi connectivity index (χ3v) is 5.94. The largest absolute Gasteiger partial charge is 0.417 e. The van der Waals surface area contributed by atoms with Crippen molar-refractivity contribution in [1.29, 1.82) is 0 Å². The molecule has 2 aromatic heterocycles. The average Bonchev–Trinajstić information content (AvgIpc) is 2.83. The van der Waals surface area contributed by atoms with Crippen molar-refractivity contribution in [2.24, 2.45) is 0 Å². The average molecular weight is 444 g/mol. The first-order valence-corrected chi connectivity index (χ1v) is 10.6.